The predicted molar refractivity (Wildman–Crippen MR) is 270 cm³/mol. The molecule has 4 aromatic heterocycles. The molecule has 3 amide bonds. The number of aromatic amines is 3. The van der Waals surface area contributed by atoms with Gasteiger partial charge in [0, 0.05) is 60.0 Å². The number of carbonyl (C=O) groups excluding carboxylic acids is 3. The number of aliphatic carboxylic acids is 3. The molecule has 1 atom stereocenters. The molecule has 4 aromatic rings. The average molecular weight is 995 g/mol. The highest BCUT2D eigenvalue weighted by Gasteiger charge is 2.33. The fourth-order valence-electron chi connectivity index (χ4n) is 9.47. The van der Waals surface area contributed by atoms with Crippen LogP contribution in [0.2, 0.25) is 0 Å². The van der Waals surface area contributed by atoms with Crippen molar-refractivity contribution in [2.45, 2.75) is 113 Å². The Labute approximate surface area is 416 Å². The van der Waals surface area contributed by atoms with Gasteiger partial charge in [-0.15, -0.1) is 0 Å². The van der Waals surface area contributed by atoms with E-state index < -0.39 is 80.3 Å². The number of rotatable bonds is 22. The number of unbranched alkanes of at least 4 members (excludes halogenated alkanes) is 2. The van der Waals surface area contributed by atoms with Gasteiger partial charge in [0.2, 0.25) is 23.6 Å². The second kappa shape index (κ2) is 22.7. The van der Waals surface area contributed by atoms with Gasteiger partial charge in [-0.1, -0.05) is 33.6 Å². The molecule has 386 valence electrons. The van der Waals surface area contributed by atoms with Crippen LogP contribution in [0.25, 0.3) is 29.1 Å². The average Bonchev–Trinajstić information content (AvgIpc) is 4.00. The number of carboxylic acids is 3. The lowest BCUT2D eigenvalue weighted by molar-refractivity contribution is -0.152. The highest BCUT2D eigenvalue weighted by molar-refractivity contribution is 6.23. The van der Waals surface area contributed by atoms with Crippen molar-refractivity contribution in [1.82, 2.24) is 34.2 Å². The summed E-state index contributed by atoms with van der Waals surface area (Å²) in [5.41, 5.74) is 8.73. The Morgan fingerprint density at radius 1 is 0.736 bits per heavy atom. The zero-order chi connectivity index (χ0) is 52.9. The van der Waals surface area contributed by atoms with Crippen molar-refractivity contribution in [1.29, 1.82) is 0 Å². The number of allylic oxidation sites excluding steroid dienone is 2. The van der Waals surface area contributed by atoms with Gasteiger partial charge in [-0.3, -0.25) is 38.1 Å². The number of fused-ring (bicyclic) bond motifs is 7. The number of ether oxygens (including phenoxy) is 1. The molecule has 0 radical (unpaired) electrons. The topological polar surface area (TPSA) is 284 Å². The Hall–Kier alpha value is -7.48. The van der Waals surface area contributed by atoms with Gasteiger partial charge in [0.1, 0.15) is 32.7 Å². The molecule has 0 saturated heterocycles. The summed E-state index contributed by atoms with van der Waals surface area (Å²) in [6.07, 6.45) is 8.96. The molecule has 6 rings (SSSR count). The smallest absolute Gasteiger partial charge is 0.323 e. The standard InChI is InChI=1S/C52H66N8O12/c1-10-13-17-60-51(70)47-30(7)37-20-38-32(12-3)27(4)34(53-38)21-39-46(31(8)72-18-14-11-2)29(6)36(54-39)19-35-28(5)33(49(55-35)48(52(60)71)50(47)56-37)15-16-40(61)58(22-41(62)57(9)24-43(64)65)23-42(63)59(25-44(66)67)26-45(68)69/h19-21,31,53-54,56,71H,10-18,22-26H2,1-9H3,(H,64,65)(H,66,67)(H,68,69). The molecule has 6 heterocycles. The fraction of sp³-hybridized carbons (Fsp3) is 0.462. The molecule has 0 fully saturated rings. The zero-order valence-corrected chi connectivity index (χ0v) is 42.5. The van der Waals surface area contributed by atoms with Crippen LogP contribution in [-0.4, -0.2) is 142 Å². The quantitative estimate of drug-likeness (QED) is 0.0548. The van der Waals surface area contributed by atoms with E-state index in [2.05, 4.69) is 41.8 Å². The number of hydrogen-bond acceptors (Lipinski definition) is 10. The first kappa shape index (κ1) is 53.9. The lowest BCUT2D eigenvalue weighted by atomic mass is 9.94. The molecule has 0 saturated carbocycles. The number of aromatic hydroxyl groups is 1. The third-order valence-electron chi connectivity index (χ3n) is 13.5. The van der Waals surface area contributed by atoms with Crippen molar-refractivity contribution in [2.24, 2.45) is 4.99 Å². The van der Waals surface area contributed by atoms with E-state index in [0.29, 0.717) is 63.4 Å². The highest BCUT2D eigenvalue weighted by Crippen LogP contribution is 2.39. The van der Waals surface area contributed by atoms with E-state index in [1.807, 2.05) is 46.8 Å². The third kappa shape index (κ3) is 11.3. The second-order valence-electron chi connectivity index (χ2n) is 18.5. The van der Waals surface area contributed by atoms with Crippen molar-refractivity contribution in [3.8, 4) is 5.88 Å². The molecule has 2 aliphatic heterocycles. The Balaban J connectivity index is 1.58. The molecular formula is C52H66N8O12. The van der Waals surface area contributed by atoms with Crippen LogP contribution in [-0.2, 0) is 46.5 Å². The maximum atomic E-state index is 14.5. The van der Waals surface area contributed by atoms with Crippen molar-refractivity contribution in [3.05, 3.63) is 88.4 Å². The Bertz CT molecular complexity index is 3110. The molecule has 0 aliphatic carbocycles. The first-order valence-corrected chi connectivity index (χ1v) is 24.3. The van der Waals surface area contributed by atoms with Gasteiger partial charge in [0.15, 0.2) is 0 Å². The predicted octanol–water partition coefficient (Wildman–Crippen LogP) is 4.14. The number of aromatic nitrogens is 4. The van der Waals surface area contributed by atoms with Gasteiger partial charge in [0.25, 0.3) is 5.56 Å². The van der Waals surface area contributed by atoms with Crippen molar-refractivity contribution >= 4 is 70.5 Å². The minimum atomic E-state index is -1.51. The van der Waals surface area contributed by atoms with E-state index in [0.717, 1.165) is 73.4 Å². The zero-order valence-electron chi connectivity index (χ0n) is 42.5. The molecule has 20 heteroatoms. The number of carboxylic acid groups (broad SMARTS) is 3. The van der Waals surface area contributed by atoms with Crippen LogP contribution >= 0.6 is 0 Å². The molecule has 72 heavy (non-hydrogen) atoms. The number of H-pyrrole nitrogens is 3. The molecule has 1 unspecified atom stereocenters. The first-order valence-electron chi connectivity index (χ1n) is 24.3. The van der Waals surface area contributed by atoms with Gasteiger partial charge in [-0.05, 0) is 112 Å². The fourth-order valence-corrected chi connectivity index (χ4v) is 9.47. The van der Waals surface area contributed by atoms with Crippen LogP contribution in [0, 0.1) is 20.8 Å². The number of nitrogens with one attached hydrogen (secondary N) is 3. The largest absolute Gasteiger partial charge is 0.494 e. The third-order valence-corrected chi connectivity index (χ3v) is 13.5. The summed E-state index contributed by atoms with van der Waals surface area (Å²) in [6.45, 7) is 12.2. The number of aryl methyl sites for hydroxylation is 1. The summed E-state index contributed by atoms with van der Waals surface area (Å²) in [6, 6.07) is 0. The van der Waals surface area contributed by atoms with E-state index in [1.165, 1.54) is 11.6 Å². The van der Waals surface area contributed by atoms with Gasteiger partial charge >= 0.3 is 17.9 Å². The molecular weight excluding hydrogens is 929 g/mol. The Kier molecular flexibility index (Phi) is 17.0. The first-order chi connectivity index (χ1) is 34.1. The summed E-state index contributed by atoms with van der Waals surface area (Å²) >= 11 is 0. The molecule has 2 aliphatic rings. The molecule has 0 aromatic carbocycles. The Morgan fingerprint density at radius 3 is 1.97 bits per heavy atom. The minimum absolute atomic E-state index is 0.104. The van der Waals surface area contributed by atoms with Crippen LogP contribution in [0.1, 0.15) is 130 Å². The Morgan fingerprint density at radius 2 is 1.35 bits per heavy atom. The van der Waals surface area contributed by atoms with Gasteiger partial charge in [0.05, 0.1) is 34.0 Å². The summed E-state index contributed by atoms with van der Waals surface area (Å²) in [5.74, 6) is -7.43. The number of nitrogens with zero attached hydrogens (tertiary/aromatic N) is 5. The molecule has 20 nitrogen and oxygen atoms in total. The maximum Gasteiger partial charge on any atom is 0.323 e. The lowest BCUT2D eigenvalue weighted by Gasteiger charge is -2.27. The monoisotopic (exact) mass is 994 g/mol. The molecule has 8 bridgehead atoms. The van der Waals surface area contributed by atoms with Gasteiger partial charge in [-0.2, -0.15) is 0 Å². The highest BCUT2D eigenvalue weighted by atomic mass is 16.5. The number of likely N-dealkylation sites (N-methyl/N-ethyl adjacent to an activating group) is 1. The number of amides is 3. The van der Waals surface area contributed by atoms with E-state index in [4.69, 9.17) is 9.73 Å². The van der Waals surface area contributed by atoms with Crippen LogP contribution in [0.15, 0.2) is 26.6 Å². The minimum Gasteiger partial charge on any atom is -0.494 e. The van der Waals surface area contributed by atoms with Gasteiger partial charge in [-0.25, -0.2) is 4.99 Å². The van der Waals surface area contributed by atoms with Crippen molar-refractivity contribution in [2.75, 3.05) is 46.4 Å². The second-order valence-corrected chi connectivity index (χ2v) is 18.5. The van der Waals surface area contributed by atoms with Crippen LogP contribution in [0.4, 0.5) is 0 Å². The summed E-state index contributed by atoms with van der Waals surface area (Å²) < 4.78 is 7.74. The van der Waals surface area contributed by atoms with Crippen LogP contribution in [0.3, 0.4) is 0 Å². The van der Waals surface area contributed by atoms with Crippen molar-refractivity contribution in [3.63, 3.8) is 0 Å². The number of hydrogen-bond donors (Lipinski definition) is 7. The maximum absolute atomic E-state index is 14.5. The number of carbonyl (C=O) groups is 6. The van der Waals surface area contributed by atoms with Crippen LogP contribution < -0.4 is 16.3 Å². The molecule has 0 spiro atoms. The number of aliphatic imine (C=N–C) groups is 1. The lowest BCUT2D eigenvalue weighted by Crippen LogP contribution is -2.49. The van der Waals surface area contributed by atoms with Crippen molar-refractivity contribution < 1.29 is 53.9 Å². The van der Waals surface area contributed by atoms with Gasteiger partial charge < -0.3 is 54.8 Å². The number of pyridine rings is 1. The normalized spacial score (nSPS) is 13.4. The molecule has 7 N–H and O–H groups in total. The SMILES string of the molecule is CCCCOC(C)c1c2[nH]c(c1C)C=C1N=C(C(CCC(=O)N(CC(=O)N(C)CC(=O)O)CC(=O)N(CC(=O)O)CC(=O)O)=C1C)c1c(O)n(CCCC)c(=O)c3c(C)c([nH]c13)C=c1[nH]c(c(C)c1CC)=C2. The van der Waals surface area contributed by atoms with E-state index >= 15 is 0 Å². The summed E-state index contributed by atoms with van der Waals surface area (Å²) in [4.78, 5) is 109. The summed E-state index contributed by atoms with van der Waals surface area (Å²) in [5, 5.41) is 42.7. The summed E-state index contributed by atoms with van der Waals surface area (Å²) in [7, 11) is 1.20. The van der Waals surface area contributed by atoms with E-state index in [-0.39, 0.29) is 36.2 Å². The van der Waals surface area contributed by atoms with E-state index in [9.17, 15) is 54.0 Å². The van der Waals surface area contributed by atoms with Crippen LogP contribution in [0.5, 0.6) is 5.88 Å². The van der Waals surface area contributed by atoms with E-state index in [1.54, 1.807) is 0 Å².